The third-order valence-electron chi connectivity index (χ3n) is 3.84. The molecule has 1 amide bonds. The van der Waals surface area contributed by atoms with E-state index >= 15 is 0 Å². The molecule has 0 aliphatic rings. The fraction of sp³-hybridized carbons (Fsp3) is 0.222. The summed E-state index contributed by atoms with van der Waals surface area (Å²) < 4.78 is 48.1. The number of hydrogen-bond donors (Lipinski definition) is 3. The number of hydrogen-bond acceptors (Lipinski definition) is 7. The number of halogens is 3. The van der Waals surface area contributed by atoms with Gasteiger partial charge >= 0.3 is 12.3 Å². The fourth-order valence-electron chi connectivity index (χ4n) is 2.40. The zero-order valence-electron chi connectivity index (χ0n) is 15.1. The van der Waals surface area contributed by atoms with Gasteiger partial charge in [0.15, 0.2) is 0 Å². The second kappa shape index (κ2) is 8.78. The summed E-state index contributed by atoms with van der Waals surface area (Å²) in [7, 11) is 0. The zero-order valence-corrected chi connectivity index (χ0v) is 15.1. The number of amides is 1. The summed E-state index contributed by atoms with van der Waals surface area (Å²) >= 11 is 0. The minimum atomic E-state index is -4.47. The Morgan fingerprint density at radius 1 is 1.20 bits per heavy atom. The first kappa shape index (κ1) is 21.0. The molecule has 9 nitrogen and oxygen atoms in total. The number of carboxylic acid groups (broad SMARTS) is 1. The minimum Gasteiger partial charge on any atom is -0.465 e. The molecule has 0 saturated carbocycles. The van der Waals surface area contributed by atoms with E-state index < -0.39 is 30.5 Å². The predicted octanol–water partition coefficient (Wildman–Crippen LogP) is 3.11. The molecule has 12 heteroatoms. The molecule has 1 aromatic carbocycles. The highest BCUT2D eigenvalue weighted by Gasteiger charge is 2.30. The van der Waals surface area contributed by atoms with Crippen LogP contribution in [0.25, 0.3) is 11.4 Å². The number of aliphatic hydroxyl groups is 1. The molecule has 0 fully saturated rings. The average molecular weight is 424 g/mol. The van der Waals surface area contributed by atoms with Gasteiger partial charge in [-0.15, -0.1) is 0 Å². The molecule has 0 aliphatic carbocycles. The molecular weight excluding hydrogens is 409 g/mol. The smallest absolute Gasteiger partial charge is 0.417 e. The van der Waals surface area contributed by atoms with Crippen LogP contribution in [0.1, 0.15) is 11.5 Å². The normalized spacial score (nSPS) is 12.4. The summed E-state index contributed by atoms with van der Waals surface area (Å²) in [6.45, 7) is -0.436. The van der Waals surface area contributed by atoms with Crippen molar-refractivity contribution in [3.63, 3.8) is 0 Å². The lowest BCUT2D eigenvalue weighted by molar-refractivity contribution is -0.137. The van der Waals surface area contributed by atoms with Crippen LogP contribution in [-0.2, 0) is 12.6 Å². The first-order valence-corrected chi connectivity index (χ1v) is 8.49. The number of ether oxygens (including phenoxy) is 1. The number of nitrogens with zero attached hydrogens (tertiary/aromatic N) is 3. The lowest BCUT2D eigenvalue weighted by Gasteiger charge is -2.10. The molecule has 0 saturated heterocycles. The van der Waals surface area contributed by atoms with Crippen LogP contribution >= 0.6 is 0 Å². The Morgan fingerprint density at radius 3 is 2.50 bits per heavy atom. The van der Waals surface area contributed by atoms with Crippen molar-refractivity contribution in [2.24, 2.45) is 0 Å². The molecule has 30 heavy (non-hydrogen) atoms. The van der Waals surface area contributed by atoms with E-state index in [0.29, 0.717) is 17.5 Å². The molecule has 1 atom stereocenters. The van der Waals surface area contributed by atoms with Gasteiger partial charge in [-0.1, -0.05) is 5.16 Å². The molecular formula is C18H15F3N4O5. The topological polar surface area (TPSA) is 131 Å². The third kappa shape index (κ3) is 5.44. The average Bonchev–Trinajstić information content (AvgIpc) is 3.16. The summed E-state index contributed by atoms with van der Waals surface area (Å²) in [5.41, 5.74) is -0.315. The van der Waals surface area contributed by atoms with Crippen LogP contribution in [0.5, 0.6) is 11.6 Å². The van der Waals surface area contributed by atoms with Gasteiger partial charge in [0.05, 0.1) is 18.2 Å². The van der Waals surface area contributed by atoms with E-state index in [2.05, 4.69) is 20.4 Å². The highest BCUT2D eigenvalue weighted by Crippen LogP contribution is 2.30. The van der Waals surface area contributed by atoms with Crippen LogP contribution in [0.2, 0.25) is 0 Å². The maximum Gasteiger partial charge on any atom is 0.417 e. The highest BCUT2D eigenvalue weighted by molar-refractivity contribution is 5.64. The molecule has 0 bridgehead atoms. The van der Waals surface area contributed by atoms with Crippen LogP contribution < -0.4 is 10.1 Å². The molecule has 1 unspecified atom stereocenters. The maximum atomic E-state index is 12.6. The molecule has 2 heterocycles. The van der Waals surface area contributed by atoms with Crippen molar-refractivity contribution < 1.29 is 37.4 Å². The number of pyridine rings is 1. The number of benzene rings is 1. The van der Waals surface area contributed by atoms with Gasteiger partial charge in [-0.2, -0.15) is 18.2 Å². The second-order valence-corrected chi connectivity index (χ2v) is 6.05. The summed E-state index contributed by atoms with van der Waals surface area (Å²) in [4.78, 5) is 18.4. The van der Waals surface area contributed by atoms with Gasteiger partial charge in [-0.3, -0.25) is 0 Å². The van der Waals surface area contributed by atoms with Gasteiger partial charge in [0.1, 0.15) is 5.75 Å². The zero-order chi connectivity index (χ0) is 21.7. The van der Waals surface area contributed by atoms with E-state index in [1.807, 2.05) is 0 Å². The van der Waals surface area contributed by atoms with E-state index in [1.54, 1.807) is 24.3 Å². The number of rotatable bonds is 7. The second-order valence-electron chi connectivity index (χ2n) is 6.05. The Balaban J connectivity index is 1.64. The monoisotopic (exact) mass is 424 g/mol. The molecule has 0 radical (unpaired) electrons. The molecule has 2 aromatic heterocycles. The van der Waals surface area contributed by atoms with Gasteiger partial charge in [0, 0.05) is 24.2 Å². The third-order valence-corrected chi connectivity index (χ3v) is 3.84. The summed E-state index contributed by atoms with van der Waals surface area (Å²) in [6.07, 6.45) is -5.07. The van der Waals surface area contributed by atoms with E-state index in [-0.39, 0.29) is 24.0 Å². The van der Waals surface area contributed by atoms with Crippen molar-refractivity contribution in [2.45, 2.75) is 18.6 Å². The predicted molar refractivity (Wildman–Crippen MR) is 94.8 cm³/mol. The minimum absolute atomic E-state index is 0.00132. The van der Waals surface area contributed by atoms with E-state index in [1.165, 1.54) is 0 Å². The van der Waals surface area contributed by atoms with Crippen LogP contribution in [0, 0.1) is 0 Å². The summed E-state index contributed by atoms with van der Waals surface area (Å²) in [5, 5.41) is 23.8. The van der Waals surface area contributed by atoms with E-state index in [0.717, 1.165) is 12.1 Å². The largest absolute Gasteiger partial charge is 0.465 e. The van der Waals surface area contributed by atoms with Gasteiger partial charge in [-0.25, -0.2) is 9.78 Å². The first-order chi connectivity index (χ1) is 14.2. The lowest BCUT2D eigenvalue weighted by atomic mass is 10.2. The number of carbonyl (C=O) groups is 1. The Kier molecular flexibility index (Phi) is 6.16. The first-order valence-electron chi connectivity index (χ1n) is 8.49. The molecule has 3 N–H and O–H groups in total. The Hall–Kier alpha value is -3.67. The van der Waals surface area contributed by atoms with Crippen molar-refractivity contribution >= 4 is 6.09 Å². The van der Waals surface area contributed by atoms with E-state index in [4.69, 9.17) is 14.4 Å². The number of aromatic nitrogens is 3. The van der Waals surface area contributed by atoms with Crippen molar-refractivity contribution in [2.75, 3.05) is 6.61 Å². The van der Waals surface area contributed by atoms with Gasteiger partial charge < -0.3 is 24.8 Å². The van der Waals surface area contributed by atoms with Crippen LogP contribution in [-0.4, -0.2) is 44.1 Å². The van der Waals surface area contributed by atoms with Crippen molar-refractivity contribution in [3.8, 4) is 23.0 Å². The van der Waals surface area contributed by atoms with Crippen molar-refractivity contribution in [1.29, 1.82) is 0 Å². The number of nitrogens with one attached hydrogen (secondary N) is 1. The molecule has 3 aromatic rings. The highest BCUT2D eigenvalue weighted by atomic mass is 19.4. The fourth-order valence-corrected chi connectivity index (χ4v) is 2.40. The SMILES string of the molecule is O=C(O)NC(CO)Cc1nc(-c2ccc(Oc3ccc(C(F)(F)F)cn3)cc2)no1. The molecule has 158 valence electrons. The van der Waals surface area contributed by atoms with Crippen molar-refractivity contribution in [1.82, 2.24) is 20.4 Å². The lowest BCUT2D eigenvalue weighted by Crippen LogP contribution is -2.38. The standard InChI is InChI=1S/C18H15F3N4O5/c19-18(20,21)11-3-6-14(22-8-11)29-13-4-1-10(2-5-13)16-24-15(30-25-16)7-12(9-26)23-17(27)28/h1-6,8,12,23,26H,7,9H2,(H,27,28). The maximum absolute atomic E-state index is 12.6. The Bertz CT molecular complexity index is 990. The Morgan fingerprint density at radius 2 is 1.93 bits per heavy atom. The number of aliphatic hydroxyl groups excluding tert-OH is 1. The summed E-state index contributed by atoms with van der Waals surface area (Å²) in [5.74, 6) is 0.697. The molecule has 3 rings (SSSR count). The van der Waals surface area contributed by atoms with Crippen LogP contribution in [0.3, 0.4) is 0 Å². The Labute approximate surface area is 167 Å². The van der Waals surface area contributed by atoms with Crippen LogP contribution in [0.4, 0.5) is 18.0 Å². The molecule has 0 spiro atoms. The molecule has 0 aliphatic heterocycles. The van der Waals surface area contributed by atoms with Crippen LogP contribution in [0.15, 0.2) is 47.1 Å². The van der Waals surface area contributed by atoms with Gasteiger partial charge in [-0.05, 0) is 30.3 Å². The summed E-state index contributed by atoms with van der Waals surface area (Å²) in [6, 6.07) is 7.50. The number of alkyl halides is 3. The van der Waals surface area contributed by atoms with E-state index in [9.17, 15) is 23.1 Å². The van der Waals surface area contributed by atoms with Gasteiger partial charge in [0.2, 0.25) is 17.6 Å². The van der Waals surface area contributed by atoms with Crippen molar-refractivity contribution in [3.05, 3.63) is 54.0 Å². The van der Waals surface area contributed by atoms with Gasteiger partial charge in [0.25, 0.3) is 0 Å². The quantitative estimate of drug-likeness (QED) is 0.527.